The van der Waals surface area contributed by atoms with Crippen LogP contribution in [0.4, 0.5) is 8.78 Å². The first-order valence-corrected chi connectivity index (χ1v) is 9.56. The van der Waals surface area contributed by atoms with Crippen LogP contribution in [0.1, 0.15) is 16.2 Å². The van der Waals surface area contributed by atoms with Gasteiger partial charge < -0.3 is 9.30 Å². The molecule has 27 heavy (non-hydrogen) atoms. The molecule has 3 rings (SSSR count). The second-order valence-corrected chi connectivity index (χ2v) is 7.68. The molecule has 1 heterocycles. The number of aromatic nitrogens is 2. The molecule has 0 aliphatic rings. The van der Waals surface area contributed by atoms with Crippen molar-refractivity contribution in [2.24, 2.45) is 7.05 Å². The summed E-state index contributed by atoms with van der Waals surface area (Å²) >= 11 is 0. The van der Waals surface area contributed by atoms with E-state index < -0.39 is 38.9 Å². The average Bonchev–Trinajstić information content (AvgIpc) is 2.83. The fourth-order valence-corrected chi connectivity index (χ4v) is 2.94. The van der Waals surface area contributed by atoms with Crippen molar-refractivity contribution < 1.29 is 26.7 Å². The van der Waals surface area contributed by atoms with Gasteiger partial charge >= 0.3 is 0 Å². The molecule has 0 radical (unpaired) electrons. The number of fused-ring (bicyclic) bond motifs is 1. The highest BCUT2D eigenvalue weighted by Gasteiger charge is 2.20. The van der Waals surface area contributed by atoms with E-state index in [4.69, 9.17) is 4.74 Å². The smallest absolute Gasteiger partial charge is 0.267 e. The highest BCUT2D eigenvalue weighted by atomic mass is 32.2. The second-order valence-electron chi connectivity index (χ2n) is 5.94. The quantitative estimate of drug-likeness (QED) is 0.734. The lowest BCUT2D eigenvalue weighted by atomic mass is 10.2. The predicted octanol–water partition coefficient (Wildman–Crippen LogP) is 2.64. The fourth-order valence-electron chi connectivity index (χ4n) is 2.49. The van der Waals surface area contributed by atoms with Crippen LogP contribution in [0.25, 0.3) is 11.0 Å². The summed E-state index contributed by atoms with van der Waals surface area (Å²) in [6, 6.07) is 6.14. The largest absolute Gasteiger partial charge is 0.454 e. The lowest BCUT2D eigenvalue weighted by Crippen LogP contribution is -2.30. The first kappa shape index (κ1) is 18.8. The van der Waals surface area contributed by atoms with Gasteiger partial charge in [0.25, 0.3) is 5.91 Å². The number of aryl methyl sites for hydroxylation is 2. The minimum Gasteiger partial charge on any atom is -0.454 e. The molecule has 3 aromatic rings. The maximum Gasteiger partial charge on any atom is 0.267 e. The summed E-state index contributed by atoms with van der Waals surface area (Å²) < 4.78 is 59.4. The number of nitrogens with one attached hydrogen (secondary N) is 1. The highest BCUT2D eigenvalue weighted by Crippen LogP contribution is 2.29. The molecule has 0 unspecified atom stereocenters. The molecule has 142 valence electrons. The van der Waals surface area contributed by atoms with Gasteiger partial charge in [-0.15, -0.1) is 0 Å². The Morgan fingerprint density at radius 1 is 1.19 bits per heavy atom. The molecule has 0 aliphatic heterocycles. The molecular formula is C17H15F2N3O4S. The number of carbonyl (C=O) groups is 1. The molecule has 0 atom stereocenters. The van der Waals surface area contributed by atoms with Crippen LogP contribution < -0.4 is 9.46 Å². The van der Waals surface area contributed by atoms with E-state index >= 15 is 0 Å². The van der Waals surface area contributed by atoms with Gasteiger partial charge in [0.2, 0.25) is 10.0 Å². The van der Waals surface area contributed by atoms with Gasteiger partial charge in [-0.3, -0.25) is 4.79 Å². The Balaban J connectivity index is 1.92. The van der Waals surface area contributed by atoms with Gasteiger partial charge in [0.05, 0.1) is 22.9 Å². The average molecular weight is 395 g/mol. The minimum absolute atomic E-state index is 0.229. The van der Waals surface area contributed by atoms with Crippen molar-refractivity contribution in [2.45, 2.75) is 6.92 Å². The van der Waals surface area contributed by atoms with Crippen molar-refractivity contribution in [3.05, 3.63) is 53.4 Å². The van der Waals surface area contributed by atoms with E-state index in [2.05, 4.69) is 4.98 Å². The van der Waals surface area contributed by atoms with Crippen LogP contribution in [0.15, 0.2) is 30.3 Å². The minimum atomic E-state index is -3.91. The zero-order valence-electron chi connectivity index (χ0n) is 14.6. The SMILES string of the molecule is Cc1nc2cc(Oc3cc(F)c(C(=O)NS(C)(=O)=O)cc3F)ccc2n1C. The van der Waals surface area contributed by atoms with Crippen LogP contribution in [-0.4, -0.2) is 30.1 Å². The maximum atomic E-state index is 14.3. The molecule has 1 amide bonds. The van der Waals surface area contributed by atoms with Crippen molar-refractivity contribution in [1.82, 2.24) is 14.3 Å². The number of nitrogens with zero attached hydrogens (tertiary/aromatic N) is 2. The third-order valence-corrected chi connectivity index (χ3v) is 4.40. The van der Waals surface area contributed by atoms with Crippen molar-refractivity contribution in [3.8, 4) is 11.5 Å². The van der Waals surface area contributed by atoms with Crippen LogP contribution in [0.3, 0.4) is 0 Å². The monoisotopic (exact) mass is 395 g/mol. The summed E-state index contributed by atoms with van der Waals surface area (Å²) in [6.07, 6.45) is 0.728. The maximum absolute atomic E-state index is 14.3. The molecule has 0 aliphatic carbocycles. The number of benzene rings is 2. The number of halogens is 2. The Morgan fingerprint density at radius 3 is 2.56 bits per heavy atom. The number of carbonyl (C=O) groups excluding carboxylic acids is 1. The van der Waals surface area contributed by atoms with E-state index in [9.17, 15) is 22.0 Å². The second kappa shape index (κ2) is 6.62. The van der Waals surface area contributed by atoms with Gasteiger partial charge in [0.15, 0.2) is 11.6 Å². The summed E-state index contributed by atoms with van der Waals surface area (Å²) in [6.45, 7) is 1.83. The number of hydrogen-bond acceptors (Lipinski definition) is 5. The molecule has 0 saturated carbocycles. The molecule has 2 aromatic carbocycles. The predicted molar refractivity (Wildman–Crippen MR) is 94.2 cm³/mol. The Kier molecular flexibility index (Phi) is 4.60. The van der Waals surface area contributed by atoms with E-state index in [1.807, 2.05) is 18.5 Å². The molecule has 1 aromatic heterocycles. The third kappa shape index (κ3) is 3.90. The molecule has 0 saturated heterocycles. The summed E-state index contributed by atoms with van der Waals surface area (Å²) in [5, 5.41) is 0. The van der Waals surface area contributed by atoms with Gasteiger partial charge in [-0.2, -0.15) is 0 Å². The number of imidazole rings is 1. The van der Waals surface area contributed by atoms with E-state index in [1.54, 1.807) is 22.9 Å². The van der Waals surface area contributed by atoms with Gasteiger partial charge in [-0.1, -0.05) is 0 Å². The van der Waals surface area contributed by atoms with Crippen LogP contribution in [0.2, 0.25) is 0 Å². The van der Waals surface area contributed by atoms with Crippen molar-refractivity contribution in [3.63, 3.8) is 0 Å². The van der Waals surface area contributed by atoms with E-state index in [1.165, 1.54) is 0 Å². The number of ether oxygens (including phenoxy) is 1. The summed E-state index contributed by atoms with van der Waals surface area (Å²) in [4.78, 5) is 16.1. The van der Waals surface area contributed by atoms with Crippen LogP contribution in [0.5, 0.6) is 11.5 Å². The summed E-state index contributed by atoms with van der Waals surface area (Å²) in [5.74, 6) is -2.86. The number of hydrogen-bond donors (Lipinski definition) is 1. The molecule has 0 spiro atoms. The van der Waals surface area contributed by atoms with E-state index in [0.717, 1.165) is 17.6 Å². The van der Waals surface area contributed by atoms with Crippen LogP contribution >= 0.6 is 0 Å². The van der Waals surface area contributed by atoms with Crippen LogP contribution in [-0.2, 0) is 17.1 Å². The summed E-state index contributed by atoms with van der Waals surface area (Å²) in [5.41, 5.74) is 0.720. The zero-order chi connectivity index (χ0) is 19.9. The lowest BCUT2D eigenvalue weighted by molar-refractivity contribution is 0.0977. The van der Waals surface area contributed by atoms with Crippen molar-refractivity contribution >= 4 is 27.0 Å². The normalized spacial score (nSPS) is 11.6. The molecular weight excluding hydrogens is 380 g/mol. The Morgan fingerprint density at radius 2 is 1.89 bits per heavy atom. The van der Waals surface area contributed by atoms with Crippen molar-refractivity contribution in [2.75, 3.05) is 6.26 Å². The molecule has 10 heteroatoms. The van der Waals surface area contributed by atoms with Gasteiger partial charge in [0, 0.05) is 19.2 Å². The molecule has 0 fully saturated rings. The van der Waals surface area contributed by atoms with Gasteiger partial charge in [-0.05, 0) is 25.1 Å². The number of amides is 1. The topological polar surface area (TPSA) is 90.3 Å². The third-order valence-electron chi connectivity index (χ3n) is 3.85. The molecule has 7 nitrogen and oxygen atoms in total. The summed E-state index contributed by atoms with van der Waals surface area (Å²) in [7, 11) is -2.06. The van der Waals surface area contributed by atoms with E-state index in [0.29, 0.717) is 17.6 Å². The van der Waals surface area contributed by atoms with Crippen molar-refractivity contribution in [1.29, 1.82) is 0 Å². The van der Waals surface area contributed by atoms with Crippen LogP contribution in [0, 0.1) is 18.6 Å². The van der Waals surface area contributed by atoms with E-state index in [-0.39, 0.29) is 5.75 Å². The Bertz CT molecular complexity index is 1170. The Labute approximate surface area is 153 Å². The fraction of sp³-hybridized carbons (Fsp3) is 0.176. The molecule has 1 N–H and O–H groups in total. The number of rotatable bonds is 4. The highest BCUT2D eigenvalue weighted by molar-refractivity contribution is 7.89. The Hall–Kier alpha value is -3.01. The first-order chi connectivity index (χ1) is 12.5. The number of sulfonamides is 1. The lowest BCUT2D eigenvalue weighted by Gasteiger charge is -2.10. The van der Waals surface area contributed by atoms with Gasteiger partial charge in [0.1, 0.15) is 17.4 Å². The first-order valence-electron chi connectivity index (χ1n) is 7.67. The zero-order valence-corrected chi connectivity index (χ0v) is 15.4. The van der Waals surface area contributed by atoms with Gasteiger partial charge in [-0.25, -0.2) is 26.9 Å². The molecule has 0 bridgehead atoms. The standard InChI is InChI=1S/C17H15F2N3O4S/c1-9-20-14-6-10(4-5-15(14)22(9)2)26-16-8-12(18)11(7-13(16)19)17(23)21-27(3,24)25/h4-8H,1-3H3,(H,21,23).